The molecule has 0 bridgehead atoms. The van der Waals surface area contributed by atoms with E-state index in [-0.39, 0.29) is 6.04 Å². The lowest BCUT2D eigenvalue weighted by atomic mass is 9.85. The summed E-state index contributed by atoms with van der Waals surface area (Å²) in [4.78, 5) is 12.5. The summed E-state index contributed by atoms with van der Waals surface area (Å²) in [6.45, 7) is 6.05. The Bertz CT molecular complexity index is 907. The number of benzene rings is 2. The Morgan fingerprint density at radius 3 is 2.17 bits per heavy atom. The average molecular weight is 439 g/mol. The number of anilines is 1. The number of nitrogens with one attached hydrogen (secondary N) is 2. The van der Waals surface area contributed by atoms with Gasteiger partial charge in [-0.05, 0) is 75.6 Å². The van der Waals surface area contributed by atoms with Crippen molar-refractivity contribution in [3.8, 4) is 0 Å². The van der Waals surface area contributed by atoms with Crippen LogP contribution in [0.3, 0.4) is 0 Å². The molecule has 0 aromatic heterocycles. The van der Waals surface area contributed by atoms with Crippen LogP contribution in [0.5, 0.6) is 0 Å². The standard InChI is InChI=1S/C23H26ClF3N2O/c1-12-8-13(2)10-17(9-12)28-11-15-4-6-16(7-5-15)29-23(30)18-19(24)22(27)21(26)14(3)20(18)25/h8-10,15-16,28H,4-7,11H2,1-3H3,(H,29,30). The summed E-state index contributed by atoms with van der Waals surface area (Å²) in [7, 11) is 0. The van der Waals surface area contributed by atoms with Crippen molar-refractivity contribution in [1.29, 1.82) is 0 Å². The normalized spacial score (nSPS) is 18.9. The second-order valence-corrected chi connectivity index (χ2v) is 8.58. The van der Waals surface area contributed by atoms with Crippen LogP contribution in [0.4, 0.5) is 18.9 Å². The van der Waals surface area contributed by atoms with Crippen molar-refractivity contribution in [3.05, 3.63) is 62.9 Å². The minimum Gasteiger partial charge on any atom is -0.385 e. The lowest BCUT2D eigenvalue weighted by molar-refractivity contribution is 0.0918. The van der Waals surface area contributed by atoms with Crippen molar-refractivity contribution in [2.45, 2.75) is 52.5 Å². The van der Waals surface area contributed by atoms with E-state index in [1.807, 2.05) is 0 Å². The van der Waals surface area contributed by atoms with E-state index in [9.17, 15) is 18.0 Å². The van der Waals surface area contributed by atoms with Gasteiger partial charge < -0.3 is 10.6 Å². The smallest absolute Gasteiger partial charge is 0.256 e. The predicted molar refractivity (Wildman–Crippen MR) is 114 cm³/mol. The van der Waals surface area contributed by atoms with E-state index in [0.717, 1.165) is 44.8 Å². The van der Waals surface area contributed by atoms with Crippen molar-refractivity contribution in [1.82, 2.24) is 5.32 Å². The summed E-state index contributed by atoms with van der Waals surface area (Å²) in [6, 6.07) is 6.20. The van der Waals surface area contributed by atoms with Gasteiger partial charge in [-0.15, -0.1) is 0 Å². The fourth-order valence-electron chi connectivity index (χ4n) is 4.06. The number of carbonyl (C=O) groups is 1. The predicted octanol–water partition coefficient (Wildman–Crippen LogP) is 6.08. The quantitative estimate of drug-likeness (QED) is 0.438. The maximum Gasteiger partial charge on any atom is 0.256 e. The zero-order valence-electron chi connectivity index (χ0n) is 17.3. The Morgan fingerprint density at radius 1 is 0.967 bits per heavy atom. The number of aryl methyl sites for hydroxylation is 2. The molecule has 162 valence electrons. The number of amides is 1. The third-order valence-electron chi connectivity index (χ3n) is 5.71. The van der Waals surface area contributed by atoms with E-state index in [1.54, 1.807) is 0 Å². The Morgan fingerprint density at radius 2 is 1.57 bits per heavy atom. The lowest BCUT2D eigenvalue weighted by Gasteiger charge is -2.29. The second-order valence-electron chi connectivity index (χ2n) is 8.20. The van der Waals surface area contributed by atoms with Crippen molar-refractivity contribution < 1.29 is 18.0 Å². The molecule has 7 heteroatoms. The van der Waals surface area contributed by atoms with Crippen LogP contribution in [-0.4, -0.2) is 18.5 Å². The molecule has 0 saturated heterocycles. The van der Waals surface area contributed by atoms with Gasteiger partial charge in [-0.1, -0.05) is 17.7 Å². The molecule has 0 spiro atoms. The van der Waals surface area contributed by atoms with Gasteiger partial charge in [-0.25, -0.2) is 13.2 Å². The molecule has 2 aromatic rings. The van der Waals surface area contributed by atoms with E-state index in [0.29, 0.717) is 5.92 Å². The first-order valence-corrected chi connectivity index (χ1v) is 10.5. The summed E-state index contributed by atoms with van der Waals surface area (Å²) in [5.74, 6) is -4.24. The molecular weight excluding hydrogens is 413 g/mol. The first kappa shape index (κ1) is 22.5. The Hall–Kier alpha value is -2.21. The van der Waals surface area contributed by atoms with Gasteiger partial charge in [0.2, 0.25) is 0 Å². The summed E-state index contributed by atoms with van der Waals surface area (Å²) in [6.07, 6.45) is 3.26. The molecule has 0 radical (unpaired) electrons. The van der Waals surface area contributed by atoms with Crippen LogP contribution >= 0.6 is 11.6 Å². The van der Waals surface area contributed by atoms with E-state index in [4.69, 9.17) is 11.6 Å². The van der Waals surface area contributed by atoms with Crippen LogP contribution in [0.1, 0.15) is 52.7 Å². The monoisotopic (exact) mass is 438 g/mol. The number of halogens is 4. The van der Waals surface area contributed by atoms with Gasteiger partial charge in [0.1, 0.15) is 5.82 Å². The molecule has 1 aliphatic carbocycles. The highest BCUT2D eigenvalue weighted by Crippen LogP contribution is 2.30. The largest absolute Gasteiger partial charge is 0.385 e. The highest BCUT2D eigenvalue weighted by Gasteiger charge is 2.29. The Balaban J connectivity index is 1.55. The maximum atomic E-state index is 14.3. The molecule has 1 saturated carbocycles. The minimum atomic E-state index is -1.40. The van der Waals surface area contributed by atoms with Crippen LogP contribution in [0, 0.1) is 44.1 Å². The maximum absolute atomic E-state index is 14.3. The highest BCUT2D eigenvalue weighted by atomic mass is 35.5. The molecule has 1 aliphatic rings. The highest BCUT2D eigenvalue weighted by molar-refractivity contribution is 6.34. The first-order chi connectivity index (χ1) is 14.2. The molecule has 2 aromatic carbocycles. The average Bonchev–Trinajstić information content (AvgIpc) is 2.70. The zero-order valence-corrected chi connectivity index (χ0v) is 18.1. The minimum absolute atomic E-state index is 0.154. The van der Waals surface area contributed by atoms with Gasteiger partial charge in [0, 0.05) is 23.8 Å². The van der Waals surface area contributed by atoms with Crippen molar-refractivity contribution in [3.63, 3.8) is 0 Å². The topological polar surface area (TPSA) is 41.1 Å². The van der Waals surface area contributed by atoms with Crippen LogP contribution in [0.15, 0.2) is 18.2 Å². The van der Waals surface area contributed by atoms with Crippen LogP contribution in [0.2, 0.25) is 5.02 Å². The van der Waals surface area contributed by atoms with Crippen LogP contribution in [0.25, 0.3) is 0 Å². The molecule has 0 aliphatic heterocycles. The van der Waals surface area contributed by atoms with Crippen LogP contribution in [-0.2, 0) is 0 Å². The van der Waals surface area contributed by atoms with E-state index in [2.05, 4.69) is 42.7 Å². The fourth-order valence-corrected chi connectivity index (χ4v) is 4.31. The third-order valence-corrected chi connectivity index (χ3v) is 6.06. The third kappa shape index (κ3) is 4.91. The first-order valence-electron chi connectivity index (χ1n) is 10.1. The summed E-state index contributed by atoms with van der Waals surface area (Å²) in [5, 5.41) is 5.39. The zero-order chi connectivity index (χ0) is 22.0. The number of rotatable bonds is 5. The van der Waals surface area contributed by atoms with E-state index >= 15 is 0 Å². The molecule has 2 N–H and O–H groups in total. The molecule has 0 unspecified atom stereocenters. The molecule has 1 amide bonds. The van der Waals surface area contributed by atoms with Gasteiger partial charge in [0.25, 0.3) is 5.91 Å². The summed E-state index contributed by atoms with van der Waals surface area (Å²) < 4.78 is 41.8. The number of hydrogen-bond donors (Lipinski definition) is 2. The van der Waals surface area contributed by atoms with Crippen molar-refractivity contribution in [2.75, 3.05) is 11.9 Å². The second kappa shape index (κ2) is 9.29. The molecule has 3 nitrogen and oxygen atoms in total. The molecule has 30 heavy (non-hydrogen) atoms. The van der Waals surface area contributed by atoms with Gasteiger partial charge in [-0.2, -0.15) is 0 Å². The van der Waals surface area contributed by atoms with Crippen molar-refractivity contribution >= 4 is 23.2 Å². The molecule has 0 atom stereocenters. The van der Waals surface area contributed by atoms with Gasteiger partial charge >= 0.3 is 0 Å². The van der Waals surface area contributed by atoms with Gasteiger partial charge in [0.15, 0.2) is 11.6 Å². The van der Waals surface area contributed by atoms with E-state index < -0.39 is 39.5 Å². The van der Waals surface area contributed by atoms with Gasteiger partial charge in [0.05, 0.1) is 10.6 Å². The Kier molecular flexibility index (Phi) is 6.96. The van der Waals surface area contributed by atoms with Gasteiger partial charge in [-0.3, -0.25) is 4.79 Å². The fraction of sp³-hybridized carbons (Fsp3) is 0.435. The van der Waals surface area contributed by atoms with Crippen molar-refractivity contribution in [2.24, 2.45) is 5.92 Å². The molecular formula is C23H26ClF3N2O. The Labute approximate surface area is 180 Å². The van der Waals surface area contributed by atoms with E-state index in [1.165, 1.54) is 11.1 Å². The van der Waals surface area contributed by atoms with Crippen LogP contribution < -0.4 is 10.6 Å². The molecule has 0 heterocycles. The molecule has 1 fully saturated rings. The summed E-state index contributed by atoms with van der Waals surface area (Å²) >= 11 is 5.71. The molecule has 3 rings (SSSR count). The summed E-state index contributed by atoms with van der Waals surface area (Å²) in [5.41, 5.74) is 2.33. The number of carbonyl (C=O) groups excluding carboxylic acids is 1. The lowest BCUT2D eigenvalue weighted by Crippen LogP contribution is -2.39. The number of hydrogen-bond acceptors (Lipinski definition) is 2. The SMILES string of the molecule is Cc1cc(C)cc(NCC2CCC(NC(=O)c3c(F)c(C)c(F)c(F)c3Cl)CC2)c1.